The van der Waals surface area contributed by atoms with Gasteiger partial charge in [-0.05, 0) is 34.5 Å². The third-order valence-electron chi connectivity index (χ3n) is 3.43. The quantitative estimate of drug-likeness (QED) is 0.830. The van der Waals surface area contributed by atoms with Gasteiger partial charge >= 0.3 is 0 Å². The Balaban J connectivity index is 0.00000180. The van der Waals surface area contributed by atoms with Crippen molar-refractivity contribution >= 4 is 40.7 Å². The van der Waals surface area contributed by atoms with E-state index in [0.717, 1.165) is 32.6 Å². The number of nitrogens with zero attached hydrogens (tertiary/aromatic N) is 1. The number of nitrogens with one attached hydrogen (secondary N) is 1. The maximum Gasteiger partial charge on any atom is 0.137 e. The number of aromatic hydroxyl groups is 1. The van der Waals surface area contributed by atoms with E-state index in [0.29, 0.717) is 10.0 Å². The second-order valence-corrected chi connectivity index (χ2v) is 5.36. The van der Waals surface area contributed by atoms with Crippen molar-refractivity contribution in [2.75, 3.05) is 26.2 Å². The van der Waals surface area contributed by atoms with Gasteiger partial charge in [0.1, 0.15) is 11.6 Å². The van der Waals surface area contributed by atoms with Crippen molar-refractivity contribution < 1.29 is 9.50 Å². The molecule has 2 rings (SSSR count). The molecule has 1 aliphatic rings. The molecule has 1 aromatic carbocycles. The van der Waals surface area contributed by atoms with Gasteiger partial charge in [0.15, 0.2) is 0 Å². The van der Waals surface area contributed by atoms with E-state index in [-0.39, 0.29) is 42.4 Å². The van der Waals surface area contributed by atoms with E-state index in [9.17, 15) is 9.50 Å². The minimum atomic E-state index is -0.332. The van der Waals surface area contributed by atoms with Crippen molar-refractivity contribution in [2.45, 2.75) is 19.4 Å². The van der Waals surface area contributed by atoms with E-state index in [1.807, 2.05) is 6.92 Å². The second-order valence-electron chi connectivity index (χ2n) is 4.50. The number of phenols is 1. The van der Waals surface area contributed by atoms with Crippen molar-refractivity contribution in [1.82, 2.24) is 10.2 Å². The minimum Gasteiger partial charge on any atom is -0.506 e. The standard InChI is InChI=1S/C13H18BrFN2O.2ClH/c1-2-11(17-7-5-16-6-8-17)12-10(15)4-3-9(14)13(12)18;;/h3-4,11,16,18H,2,5-8H2,1H3;2*1H/t11-;;/m1../s1. The first-order valence-electron chi connectivity index (χ1n) is 6.26. The number of piperazine rings is 1. The molecule has 2 N–H and O–H groups in total. The molecule has 116 valence electrons. The van der Waals surface area contributed by atoms with Crippen LogP contribution < -0.4 is 5.32 Å². The summed E-state index contributed by atoms with van der Waals surface area (Å²) in [6.45, 7) is 5.60. The Hall–Kier alpha value is -0.0700. The maximum atomic E-state index is 14.0. The number of hydrogen-bond donors (Lipinski definition) is 2. The van der Waals surface area contributed by atoms with E-state index in [4.69, 9.17) is 0 Å². The minimum absolute atomic E-state index is 0. The van der Waals surface area contributed by atoms with Crippen LogP contribution in [0, 0.1) is 5.82 Å². The van der Waals surface area contributed by atoms with Crippen molar-refractivity contribution in [3.05, 3.63) is 28.0 Å². The van der Waals surface area contributed by atoms with Crippen LogP contribution in [-0.4, -0.2) is 36.2 Å². The van der Waals surface area contributed by atoms with Gasteiger partial charge in [0.2, 0.25) is 0 Å². The first-order chi connectivity index (χ1) is 8.65. The number of halogens is 4. The smallest absolute Gasteiger partial charge is 0.137 e. The lowest BCUT2D eigenvalue weighted by molar-refractivity contribution is 0.163. The van der Waals surface area contributed by atoms with Crippen LogP contribution in [0.2, 0.25) is 0 Å². The molecule has 1 saturated heterocycles. The molecule has 0 spiro atoms. The number of rotatable bonds is 3. The first kappa shape index (κ1) is 19.9. The van der Waals surface area contributed by atoms with Crippen LogP contribution in [0.1, 0.15) is 24.9 Å². The van der Waals surface area contributed by atoms with Gasteiger partial charge in [-0.25, -0.2) is 4.39 Å². The zero-order chi connectivity index (χ0) is 13.1. The Morgan fingerprint density at radius 2 is 1.95 bits per heavy atom. The molecule has 0 bridgehead atoms. The molecule has 3 nitrogen and oxygen atoms in total. The lowest BCUT2D eigenvalue weighted by atomic mass is 10.00. The Morgan fingerprint density at radius 3 is 2.50 bits per heavy atom. The lowest BCUT2D eigenvalue weighted by Crippen LogP contribution is -2.45. The van der Waals surface area contributed by atoms with Gasteiger partial charge in [0, 0.05) is 37.8 Å². The summed E-state index contributed by atoms with van der Waals surface area (Å²) < 4.78 is 14.5. The van der Waals surface area contributed by atoms with Gasteiger partial charge in [-0.3, -0.25) is 4.90 Å². The van der Waals surface area contributed by atoms with Gasteiger partial charge in [0.05, 0.1) is 4.47 Å². The predicted molar refractivity (Wildman–Crippen MR) is 87.7 cm³/mol. The highest BCUT2D eigenvalue weighted by atomic mass is 79.9. The van der Waals surface area contributed by atoms with Crippen LogP contribution in [0.3, 0.4) is 0 Å². The predicted octanol–water partition coefficient (Wildman–Crippen LogP) is 3.49. The summed E-state index contributed by atoms with van der Waals surface area (Å²) in [5.41, 5.74) is 0.411. The molecule has 7 heteroatoms. The Labute approximate surface area is 139 Å². The molecule has 0 amide bonds. The summed E-state index contributed by atoms with van der Waals surface area (Å²) in [5, 5.41) is 13.4. The Morgan fingerprint density at radius 1 is 1.35 bits per heavy atom. The Kier molecular flexibility index (Phi) is 9.02. The molecular formula is C13H20BrCl2FN2O. The summed E-state index contributed by atoms with van der Waals surface area (Å²) in [7, 11) is 0. The molecular weight excluding hydrogens is 370 g/mol. The van der Waals surface area contributed by atoms with E-state index in [2.05, 4.69) is 26.1 Å². The summed E-state index contributed by atoms with van der Waals surface area (Å²) in [5.74, 6) is -0.304. The summed E-state index contributed by atoms with van der Waals surface area (Å²) in [6, 6.07) is 2.88. The topological polar surface area (TPSA) is 35.5 Å². The summed E-state index contributed by atoms with van der Waals surface area (Å²) in [6.07, 6.45) is 0.779. The fraction of sp³-hybridized carbons (Fsp3) is 0.538. The van der Waals surface area contributed by atoms with Gasteiger partial charge < -0.3 is 10.4 Å². The van der Waals surface area contributed by atoms with Crippen molar-refractivity contribution in [3.63, 3.8) is 0 Å². The Bertz CT molecular complexity index is 431. The fourth-order valence-electron chi connectivity index (χ4n) is 2.51. The molecule has 0 saturated carbocycles. The van der Waals surface area contributed by atoms with Crippen LogP contribution in [0.25, 0.3) is 0 Å². The molecule has 0 aromatic heterocycles. The summed E-state index contributed by atoms with van der Waals surface area (Å²) >= 11 is 3.25. The second kappa shape index (κ2) is 9.05. The highest BCUT2D eigenvalue weighted by Gasteiger charge is 2.26. The molecule has 0 unspecified atom stereocenters. The zero-order valence-corrected chi connectivity index (χ0v) is 14.5. The molecule has 0 radical (unpaired) electrons. The van der Waals surface area contributed by atoms with Gasteiger partial charge in [0.25, 0.3) is 0 Å². The average molecular weight is 390 g/mol. The van der Waals surface area contributed by atoms with Crippen molar-refractivity contribution in [1.29, 1.82) is 0 Å². The van der Waals surface area contributed by atoms with Crippen molar-refractivity contribution in [2.24, 2.45) is 0 Å². The van der Waals surface area contributed by atoms with Crippen LogP contribution in [0.5, 0.6) is 5.75 Å². The number of phenolic OH excluding ortho intramolecular Hbond substituents is 1. The molecule has 1 fully saturated rings. The maximum absolute atomic E-state index is 14.0. The molecule has 1 aromatic rings. The molecule has 1 aliphatic heterocycles. The number of hydrogen-bond acceptors (Lipinski definition) is 3. The molecule has 20 heavy (non-hydrogen) atoms. The molecule has 1 heterocycles. The monoisotopic (exact) mass is 388 g/mol. The van der Waals surface area contributed by atoms with Crippen LogP contribution in [-0.2, 0) is 0 Å². The zero-order valence-electron chi connectivity index (χ0n) is 11.2. The SMILES string of the molecule is CC[C@H](c1c(F)ccc(Br)c1O)N1CCNCC1.Cl.Cl. The number of benzene rings is 1. The van der Waals surface area contributed by atoms with Crippen LogP contribution in [0.4, 0.5) is 4.39 Å². The van der Waals surface area contributed by atoms with E-state index in [1.54, 1.807) is 6.07 Å². The average Bonchev–Trinajstić information content (AvgIpc) is 2.40. The normalized spacial score (nSPS) is 16.9. The van der Waals surface area contributed by atoms with E-state index in [1.165, 1.54) is 6.07 Å². The lowest BCUT2D eigenvalue weighted by Gasteiger charge is -2.35. The van der Waals surface area contributed by atoms with Gasteiger partial charge in [-0.1, -0.05) is 6.92 Å². The van der Waals surface area contributed by atoms with Gasteiger partial charge in [-0.2, -0.15) is 0 Å². The first-order valence-corrected chi connectivity index (χ1v) is 7.06. The van der Waals surface area contributed by atoms with E-state index >= 15 is 0 Å². The largest absolute Gasteiger partial charge is 0.506 e. The van der Waals surface area contributed by atoms with Crippen LogP contribution in [0.15, 0.2) is 16.6 Å². The van der Waals surface area contributed by atoms with E-state index < -0.39 is 0 Å². The van der Waals surface area contributed by atoms with Crippen molar-refractivity contribution in [3.8, 4) is 5.75 Å². The molecule has 1 atom stereocenters. The third-order valence-corrected chi connectivity index (χ3v) is 4.07. The third kappa shape index (κ3) is 4.21. The fourth-order valence-corrected chi connectivity index (χ4v) is 2.86. The highest BCUT2D eigenvalue weighted by Crippen LogP contribution is 2.38. The molecule has 0 aliphatic carbocycles. The van der Waals surface area contributed by atoms with Gasteiger partial charge in [-0.15, -0.1) is 24.8 Å². The highest BCUT2D eigenvalue weighted by molar-refractivity contribution is 9.10. The summed E-state index contributed by atoms with van der Waals surface area (Å²) in [4.78, 5) is 2.22. The van der Waals surface area contributed by atoms with Crippen LogP contribution >= 0.6 is 40.7 Å².